The Morgan fingerprint density at radius 3 is 2.50 bits per heavy atom. The topological polar surface area (TPSA) is 17.1 Å². The van der Waals surface area contributed by atoms with Crippen molar-refractivity contribution in [2.24, 2.45) is 0 Å². The average Bonchev–Trinajstić information content (AvgIpc) is 2.15. The van der Waals surface area contributed by atoms with Crippen LogP contribution < -0.4 is 0 Å². The van der Waals surface area contributed by atoms with Crippen LogP contribution in [-0.2, 0) is 4.79 Å². The molecule has 0 heterocycles. The van der Waals surface area contributed by atoms with E-state index in [0.29, 0.717) is 0 Å². The van der Waals surface area contributed by atoms with Crippen LogP contribution in [0.4, 0.5) is 0 Å². The first kappa shape index (κ1) is 10.5. The molecule has 0 saturated heterocycles. The third-order valence-electron chi connectivity index (χ3n) is 2.10. The number of hydrogen-bond acceptors (Lipinski definition) is 1. The van der Waals surface area contributed by atoms with E-state index in [-0.39, 0.29) is 5.78 Å². The molecule has 14 heavy (non-hydrogen) atoms. The van der Waals surface area contributed by atoms with Crippen molar-refractivity contribution in [1.29, 1.82) is 0 Å². The van der Waals surface area contributed by atoms with Crippen molar-refractivity contribution >= 4 is 11.4 Å². The Bertz CT molecular complexity index is 386. The molecule has 1 aromatic rings. The van der Waals surface area contributed by atoms with Gasteiger partial charge in [-0.05, 0) is 25.0 Å². The number of aryl methyl sites for hydroxylation is 1. The zero-order valence-corrected chi connectivity index (χ0v) is 8.58. The second kappa shape index (κ2) is 4.56. The molecule has 0 bridgehead atoms. The normalized spacial score (nSPS) is 11.1. The van der Waals surface area contributed by atoms with E-state index < -0.39 is 0 Å². The van der Waals surface area contributed by atoms with Crippen molar-refractivity contribution in [2.45, 2.75) is 13.8 Å². The number of hydrogen-bond donors (Lipinski definition) is 0. The van der Waals surface area contributed by atoms with Gasteiger partial charge < -0.3 is 0 Å². The molecular formula is C13H14O. The Kier molecular flexibility index (Phi) is 3.41. The lowest BCUT2D eigenvalue weighted by atomic mass is 9.98. The van der Waals surface area contributed by atoms with Crippen LogP contribution in [0.1, 0.15) is 18.1 Å². The van der Waals surface area contributed by atoms with Gasteiger partial charge in [0.25, 0.3) is 0 Å². The van der Waals surface area contributed by atoms with Gasteiger partial charge in [-0.1, -0.05) is 43.0 Å². The summed E-state index contributed by atoms with van der Waals surface area (Å²) < 4.78 is 0. The fourth-order valence-corrected chi connectivity index (χ4v) is 1.39. The molecule has 0 aromatic heterocycles. The van der Waals surface area contributed by atoms with Crippen LogP contribution in [0.2, 0.25) is 0 Å². The molecule has 0 radical (unpaired) electrons. The SMILES string of the molecule is C=C/C=C(/C(C)=O)c1ccccc1C. The second-order valence-electron chi connectivity index (χ2n) is 3.19. The number of rotatable bonds is 3. The fraction of sp³-hybridized carbons (Fsp3) is 0.154. The van der Waals surface area contributed by atoms with Gasteiger partial charge in [-0.25, -0.2) is 0 Å². The Hall–Kier alpha value is -1.63. The lowest BCUT2D eigenvalue weighted by Crippen LogP contribution is -1.97. The van der Waals surface area contributed by atoms with Gasteiger partial charge in [0.2, 0.25) is 0 Å². The summed E-state index contributed by atoms with van der Waals surface area (Å²) in [4.78, 5) is 11.4. The molecule has 0 amide bonds. The molecule has 0 saturated carbocycles. The molecule has 0 aliphatic heterocycles. The highest BCUT2D eigenvalue weighted by molar-refractivity contribution is 6.20. The van der Waals surface area contributed by atoms with Gasteiger partial charge >= 0.3 is 0 Å². The molecule has 1 rings (SSSR count). The van der Waals surface area contributed by atoms with E-state index in [2.05, 4.69) is 6.58 Å². The Morgan fingerprint density at radius 1 is 1.36 bits per heavy atom. The molecule has 0 N–H and O–H groups in total. The van der Waals surface area contributed by atoms with E-state index in [9.17, 15) is 4.79 Å². The van der Waals surface area contributed by atoms with Crippen LogP contribution >= 0.6 is 0 Å². The van der Waals surface area contributed by atoms with Crippen LogP contribution in [0.25, 0.3) is 5.57 Å². The summed E-state index contributed by atoms with van der Waals surface area (Å²) in [6.45, 7) is 7.18. The monoisotopic (exact) mass is 186 g/mol. The standard InChI is InChI=1S/C13H14O/c1-4-7-13(11(3)14)12-9-6-5-8-10(12)2/h4-9H,1H2,2-3H3/b13-7-. The molecule has 1 heteroatoms. The highest BCUT2D eigenvalue weighted by atomic mass is 16.1. The maximum Gasteiger partial charge on any atom is 0.160 e. The largest absolute Gasteiger partial charge is 0.294 e. The van der Waals surface area contributed by atoms with E-state index in [0.717, 1.165) is 16.7 Å². The maximum absolute atomic E-state index is 11.4. The zero-order valence-electron chi connectivity index (χ0n) is 8.58. The van der Waals surface area contributed by atoms with Crippen LogP contribution in [0.15, 0.2) is 43.0 Å². The zero-order chi connectivity index (χ0) is 10.6. The van der Waals surface area contributed by atoms with Crippen molar-refractivity contribution in [3.63, 3.8) is 0 Å². The Balaban J connectivity index is 3.26. The highest BCUT2D eigenvalue weighted by Gasteiger charge is 2.07. The minimum atomic E-state index is 0.0687. The first-order chi connectivity index (χ1) is 6.66. The summed E-state index contributed by atoms with van der Waals surface area (Å²) in [7, 11) is 0. The number of Topliss-reactive ketones (excluding diaryl/α,β-unsaturated/α-hetero) is 1. The van der Waals surface area contributed by atoms with E-state index in [1.165, 1.54) is 0 Å². The van der Waals surface area contributed by atoms with Crippen LogP contribution in [0.3, 0.4) is 0 Å². The van der Waals surface area contributed by atoms with Gasteiger partial charge in [-0.3, -0.25) is 4.79 Å². The summed E-state index contributed by atoms with van der Waals surface area (Å²) in [6, 6.07) is 7.84. The van der Waals surface area contributed by atoms with Gasteiger partial charge in [-0.2, -0.15) is 0 Å². The molecule has 0 aliphatic carbocycles. The van der Waals surface area contributed by atoms with Crippen molar-refractivity contribution in [1.82, 2.24) is 0 Å². The van der Waals surface area contributed by atoms with Gasteiger partial charge in [-0.15, -0.1) is 0 Å². The Morgan fingerprint density at radius 2 is 2.00 bits per heavy atom. The maximum atomic E-state index is 11.4. The third-order valence-corrected chi connectivity index (χ3v) is 2.10. The predicted octanol–water partition coefficient (Wildman–Crippen LogP) is 3.15. The summed E-state index contributed by atoms with van der Waals surface area (Å²) in [5, 5.41) is 0. The van der Waals surface area contributed by atoms with Gasteiger partial charge in [0.05, 0.1) is 0 Å². The van der Waals surface area contributed by atoms with E-state index in [4.69, 9.17) is 0 Å². The highest BCUT2D eigenvalue weighted by Crippen LogP contribution is 2.19. The molecule has 1 nitrogen and oxygen atoms in total. The van der Waals surface area contributed by atoms with Crippen molar-refractivity contribution in [2.75, 3.05) is 0 Å². The van der Waals surface area contributed by atoms with Crippen LogP contribution in [0.5, 0.6) is 0 Å². The molecule has 0 spiro atoms. The quantitative estimate of drug-likeness (QED) is 0.523. The average molecular weight is 186 g/mol. The van der Waals surface area contributed by atoms with Gasteiger partial charge in [0.1, 0.15) is 0 Å². The van der Waals surface area contributed by atoms with Crippen molar-refractivity contribution in [3.05, 3.63) is 54.1 Å². The number of ketones is 1. The lowest BCUT2D eigenvalue weighted by molar-refractivity contribution is -0.111. The second-order valence-corrected chi connectivity index (χ2v) is 3.19. The first-order valence-electron chi connectivity index (χ1n) is 4.56. The number of benzene rings is 1. The van der Waals surface area contributed by atoms with Crippen LogP contribution in [0, 0.1) is 6.92 Å². The summed E-state index contributed by atoms with van der Waals surface area (Å²) in [5.41, 5.74) is 2.81. The minimum Gasteiger partial charge on any atom is -0.294 e. The minimum absolute atomic E-state index is 0.0687. The molecule has 72 valence electrons. The van der Waals surface area contributed by atoms with E-state index in [1.54, 1.807) is 19.1 Å². The van der Waals surface area contributed by atoms with E-state index in [1.807, 2.05) is 31.2 Å². The first-order valence-corrected chi connectivity index (χ1v) is 4.56. The van der Waals surface area contributed by atoms with Gasteiger partial charge in [0, 0.05) is 5.57 Å². The molecular weight excluding hydrogens is 172 g/mol. The number of allylic oxidation sites excluding steroid dienone is 3. The van der Waals surface area contributed by atoms with Gasteiger partial charge in [0.15, 0.2) is 5.78 Å². The molecule has 0 atom stereocenters. The van der Waals surface area contributed by atoms with Crippen molar-refractivity contribution in [3.8, 4) is 0 Å². The fourth-order valence-electron chi connectivity index (χ4n) is 1.39. The predicted molar refractivity (Wildman–Crippen MR) is 60.0 cm³/mol. The van der Waals surface area contributed by atoms with Crippen LogP contribution in [-0.4, -0.2) is 5.78 Å². The molecule has 0 aliphatic rings. The van der Waals surface area contributed by atoms with E-state index >= 15 is 0 Å². The molecule has 1 aromatic carbocycles. The number of carbonyl (C=O) groups excluding carboxylic acids is 1. The molecule has 0 unspecified atom stereocenters. The summed E-state index contributed by atoms with van der Waals surface area (Å²) >= 11 is 0. The van der Waals surface area contributed by atoms with Crippen molar-refractivity contribution < 1.29 is 4.79 Å². The lowest BCUT2D eigenvalue weighted by Gasteiger charge is -2.06. The molecule has 0 fully saturated rings. The third kappa shape index (κ3) is 2.19. The summed E-state index contributed by atoms with van der Waals surface area (Å²) in [5.74, 6) is 0.0687. The Labute approximate surface area is 84.8 Å². The summed E-state index contributed by atoms with van der Waals surface area (Å²) in [6.07, 6.45) is 3.40. The smallest absolute Gasteiger partial charge is 0.160 e. The number of carbonyl (C=O) groups is 1.